The lowest BCUT2D eigenvalue weighted by Gasteiger charge is -2.25. The Bertz CT molecular complexity index is 321. The number of aliphatic hydroxyl groups is 1. The minimum absolute atomic E-state index is 0.0169. The molecule has 1 aromatic rings. The lowest BCUT2D eigenvalue weighted by Crippen LogP contribution is -2.30. The van der Waals surface area contributed by atoms with Gasteiger partial charge in [0.1, 0.15) is 11.4 Å². The molecule has 0 aromatic heterocycles. The Morgan fingerprint density at radius 2 is 2.00 bits per heavy atom. The van der Waals surface area contributed by atoms with Gasteiger partial charge in [0.2, 0.25) is 0 Å². The van der Waals surface area contributed by atoms with Gasteiger partial charge in [-0.3, -0.25) is 0 Å². The molecule has 1 N–H and O–H groups in total. The number of ether oxygens (including phenoxy) is 1. The second-order valence-corrected chi connectivity index (χ2v) is 4.11. The van der Waals surface area contributed by atoms with Gasteiger partial charge in [-0.1, -0.05) is 18.2 Å². The summed E-state index contributed by atoms with van der Waals surface area (Å²) >= 11 is 0. The van der Waals surface area contributed by atoms with Crippen molar-refractivity contribution in [2.75, 3.05) is 6.61 Å². The van der Waals surface area contributed by atoms with E-state index in [1.165, 1.54) is 6.07 Å². The molecule has 0 saturated heterocycles. The molecule has 0 fully saturated rings. The molecule has 0 spiro atoms. The summed E-state index contributed by atoms with van der Waals surface area (Å²) < 4.78 is 18.7. The maximum atomic E-state index is 13.4. The van der Waals surface area contributed by atoms with Crippen molar-refractivity contribution < 1.29 is 14.2 Å². The van der Waals surface area contributed by atoms with Gasteiger partial charge in [0.05, 0.1) is 12.7 Å². The van der Waals surface area contributed by atoms with Crippen LogP contribution in [0.1, 0.15) is 26.3 Å². The summed E-state index contributed by atoms with van der Waals surface area (Å²) in [5.41, 5.74) is -1.01. The fourth-order valence-corrected chi connectivity index (χ4v) is 1.30. The number of halogens is 1. The van der Waals surface area contributed by atoms with Crippen molar-refractivity contribution in [2.45, 2.75) is 32.5 Å². The Morgan fingerprint density at radius 3 is 2.53 bits per heavy atom. The van der Waals surface area contributed by atoms with Crippen molar-refractivity contribution in [1.82, 2.24) is 0 Å². The van der Waals surface area contributed by atoms with Crippen LogP contribution >= 0.6 is 0 Å². The van der Waals surface area contributed by atoms with Crippen LogP contribution in [0.25, 0.3) is 0 Å². The van der Waals surface area contributed by atoms with Crippen LogP contribution in [0.15, 0.2) is 24.3 Å². The standard InChI is InChI=1S/C12H17FO2/c1-9(2)15-8-12(3,14)10-6-4-5-7-11(10)13/h4-7,9,14H,8H2,1-3H3. The zero-order valence-corrected chi connectivity index (χ0v) is 9.33. The van der Waals surface area contributed by atoms with Crippen molar-refractivity contribution in [1.29, 1.82) is 0 Å². The number of rotatable bonds is 4. The van der Waals surface area contributed by atoms with E-state index in [0.717, 1.165) is 0 Å². The summed E-state index contributed by atoms with van der Waals surface area (Å²) in [7, 11) is 0. The monoisotopic (exact) mass is 212 g/mol. The summed E-state index contributed by atoms with van der Waals surface area (Å²) in [5, 5.41) is 10.1. The second-order valence-electron chi connectivity index (χ2n) is 4.11. The molecule has 1 unspecified atom stereocenters. The van der Waals surface area contributed by atoms with E-state index in [0.29, 0.717) is 0 Å². The minimum Gasteiger partial charge on any atom is -0.383 e. The lowest BCUT2D eigenvalue weighted by atomic mass is 9.96. The van der Waals surface area contributed by atoms with Gasteiger partial charge >= 0.3 is 0 Å². The normalized spacial score (nSPS) is 15.3. The summed E-state index contributed by atoms with van der Waals surface area (Å²) in [5.74, 6) is -0.408. The van der Waals surface area contributed by atoms with E-state index in [-0.39, 0.29) is 18.3 Å². The molecule has 0 amide bonds. The van der Waals surface area contributed by atoms with Crippen LogP contribution in [0, 0.1) is 5.82 Å². The largest absolute Gasteiger partial charge is 0.383 e. The number of benzene rings is 1. The fraction of sp³-hybridized carbons (Fsp3) is 0.500. The molecule has 15 heavy (non-hydrogen) atoms. The summed E-state index contributed by atoms with van der Waals surface area (Å²) in [6.45, 7) is 5.38. The fourth-order valence-electron chi connectivity index (χ4n) is 1.30. The molecule has 0 heterocycles. The Morgan fingerprint density at radius 1 is 1.40 bits per heavy atom. The minimum atomic E-state index is -1.28. The van der Waals surface area contributed by atoms with Crippen molar-refractivity contribution in [3.8, 4) is 0 Å². The molecule has 0 saturated carbocycles. The second kappa shape index (κ2) is 4.73. The highest BCUT2D eigenvalue weighted by Gasteiger charge is 2.26. The predicted molar refractivity (Wildman–Crippen MR) is 57.1 cm³/mol. The molecule has 0 aliphatic carbocycles. The molecule has 0 bridgehead atoms. The van der Waals surface area contributed by atoms with Gasteiger partial charge in [0, 0.05) is 5.56 Å². The third-order valence-electron chi connectivity index (χ3n) is 2.15. The third kappa shape index (κ3) is 3.29. The molecule has 1 atom stereocenters. The van der Waals surface area contributed by atoms with Crippen LogP contribution in [0.3, 0.4) is 0 Å². The number of hydrogen-bond donors (Lipinski definition) is 1. The molecule has 0 aliphatic heterocycles. The molecular weight excluding hydrogens is 195 g/mol. The van der Waals surface area contributed by atoms with Crippen molar-refractivity contribution in [2.24, 2.45) is 0 Å². The van der Waals surface area contributed by atoms with Crippen LogP contribution in [0.5, 0.6) is 0 Å². The SMILES string of the molecule is CC(C)OCC(C)(O)c1ccccc1F. The Hall–Kier alpha value is -0.930. The van der Waals surface area contributed by atoms with Crippen molar-refractivity contribution in [3.63, 3.8) is 0 Å². The topological polar surface area (TPSA) is 29.5 Å². The Kier molecular flexibility index (Phi) is 3.83. The van der Waals surface area contributed by atoms with E-state index in [1.54, 1.807) is 25.1 Å². The molecule has 0 radical (unpaired) electrons. The molecule has 3 heteroatoms. The zero-order chi connectivity index (χ0) is 11.5. The van der Waals surface area contributed by atoms with E-state index < -0.39 is 11.4 Å². The van der Waals surface area contributed by atoms with Gasteiger partial charge in [0.15, 0.2) is 0 Å². The van der Waals surface area contributed by atoms with Crippen molar-refractivity contribution >= 4 is 0 Å². The van der Waals surface area contributed by atoms with Gasteiger partial charge in [-0.25, -0.2) is 4.39 Å². The van der Waals surface area contributed by atoms with E-state index in [4.69, 9.17) is 4.74 Å². The molecule has 84 valence electrons. The first-order valence-corrected chi connectivity index (χ1v) is 5.02. The maximum absolute atomic E-state index is 13.4. The van der Waals surface area contributed by atoms with Gasteiger partial charge in [0.25, 0.3) is 0 Å². The van der Waals surface area contributed by atoms with Crippen LogP contribution in [0.2, 0.25) is 0 Å². The highest BCUT2D eigenvalue weighted by molar-refractivity contribution is 5.23. The van der Waals surface area contributed by atoms with E-state index in [2.05, 4.69) is 0 Å². The van der Waals surface area contributed by atoms with Crippen LogP contribution in [-0.2, 0) is 10.3 Å². The van der Waals surface area contributed by atoms with Gasteiger partial charge < -0.3 is 9.84 Å². The van der Waals surface area contributed by atoms with E-state index >= 15 is 0 Å². The molecule has 1 rings (SSSR count). The third-order valence-corrected chi connectivity index (χ3v) is 2.15. The average molecular weight is 212 g/mol. The van der Waals surface area contributed by atoms with Crippen molar-refractivity contribution in [3.05, 3.63) is 35.6 Å². The first-order valence-electron chi connectivity index (χ1n) is 5.02. The van der Waals surface area contributed by atoms with Crippen LogP contribution in [-0.4, -0.2) is 17.8 Å². The Labute approximate surface area is 89.7 Å². The molecule has 0 aliphatic rings. The zero-order valence-electron chi connectivity index (χ0n) is 9.33. The molecular formula is C12H17FO2. The highest BCUT2D eigenvalue weighted by atomic mass is 19.1. The van der Waals surface area contributed by atoms with Gasteiger partial charge in [-0.15, -0.1) is 0 Å². The number of hydrogen-bond acceptors (Lipinski definition) is 2. The quantitative estimate of drug-likeness (QED) is 0.830. The first-order chi connectivity index (χ1) is 6.93. The van der Waals surface area contributed by atoms with Gasteiger partial charge in [-0.05, 0) is 26.8 Å². The Balaban J connectivity index is 2.81. The summed E-state index contributed by atoms with van der Waals surface area (Å²) in [6, 6.07) is 6.19. The van der Waals surface area contributed by atoms with Crippen LogP contribution in [0.4, 0.5) is 4.39 Å². The molecule has 1 aromatic carbocycles. The summed E-state index contributed by atoms with van der Waals surface area (Å²) in [4.78, 5) is 0. The smallest absolute Gasteiger partial charge is 0.129 e. The lowest BCUT2D eigenvalue weighted by molar-refractivity contribution is -0.0592. The van der Waals surface area contributed by atoms with Gasteiger partial charge in [-0.2, -0.15) is 0 Å². The predicted octanol–water partition coefficient (Wildman–Crippen LogP) is 2.46. The van der Waals surface area contributed by atoms with E-state index in [9.17, 15) is 9.50 Å². The summed E-state index contributed by atoms with van der Waals surface area (Å²) in [6.07, 6.45) is 0.0169. The van der Waals surface area contributed by atoms with Crippen LogP contribution < -0.4 is 0 Å². The molecule has 2 nitrogen and oxygen atoms in total. The average Bonchev–Trinajstić information content (AvgIpc) is 2.15. The highest BCUT2D eigenvalue weighted by Crippen LogP contribution is 2.23. The maximum Gasteiger partial charge on any atom is 0.129 e. The first kappa shape index (κ1) is 12.1. The van der Waals surface area contributed by atoms with E-state index in [1.807, 2.05) is 13.8 Å².